The molecule has 5 nitrogen and oxygen atoms in total. The highest BCUT2D eigenvalue weighted by Gasteiger charge is 2.48. The Morgan fingerprint density at radius 1 is 1.24 bits per heavy atom. The van der Waals surface area contributed by atoms with Crippen LogP contribution >= 0.6 is 27.5 Å². The number of rotatable bonds is 0. The van der Waals surface area contributed by atoms with Crippen LogP contribution in [0.3, 0.4) is 0 Å². The Bertz CT molecular complexity index is 742. The smallest absolute Gasteiger partial charge is 0.283 e. The number of ether oxygens (including phenoxy) is 2. The Morgan fingerprint density at radius 3 is 2.81 bits per heavy atom. The van der Waals surface area contributed by atoms with E-state index in [2.05, 4.69) is 25.9 Å². The Hall–Kier alpha value is -1.79. The third kappa shape index (κ3) is 1.82. The lowest BCUT2D eigenvalue weighted by molar-refractivity contribution is 0.260. The molecule has 21 heavy (non-hydrogen) atoms. The SMILES string of the molecule is NC1=NC2(CO1)c1cc(Br)ccc1Oc1ccc(Cl)nc12. The van der Waals surface area contributed by atoms with E-state index in [1.54, 1.807) is 12.1 Å². The first-order valence-electron chi connectivity index (χ1n) is 6.21. The van der Waals surface area contributed by atoms with Crippen LogP contribution in [0.15, 0.2) is 39.8 Å². The second-order valence-corrected chi connectivity index (χ2v) is 6.13. The highest BCUT2D eigenvalue weighted by molar-refractivity contribution is 9.10. The molecule has 2 aliphatic heterocycles. The minimum Gasteiger partial charge on any atom is -0.462 e. The standard InChI is InChI=1S/C14H9BrClN3O2/c15-7-1-2-9-8(5-7)14(6-20-13(17)19-14)12-10(21-9)3-4-11(16)18-12/h1-5H,6H2,(H2,17,19). The van der Waals surface area contributed by atoms with Gasteiger partial charge in [-0.25, -0.2) is 9.98 Å². The molecule has 3 heterocycles. The van der Waals surface area contributed by atoms with E-state index in [1.807, 2.05) is 18.2 Å². The van der Waals surface area contributed by atoms with E-state index in [1.165, 1.54) is 0 Å². The zero-order valence-corrected chi connectivity index (χ0v) is 13.0. The van der Waals surface area contributed by atoms with Crippen molar-refractivity contribution in [1.82, 2.24) is 4.98 Å². The monoisotopic (exact) mass is 365 g/mol. The fourth-order valence-electron chi connectivity index (χ4n) is 2.65. The molecular weight excluding hydrogens is 358 g/mol. The summed E-state index contributed by atoms with van der Waals surface area (Å²) in [5, 5.41) is 0.371. The number of nitrogens with two attached hydrogens (primary N) is 1. The van der Waals surface area contributed by atoms with E-state index in [0.717, 1.165) is 10.0 Å². The summed E-state index contributed by atoms with van der Waals surface area (Å²) < 4.78 is 12.2. The molecule has 106 valence electrons. The largest absolute Gasteiger partial charge is 0.462 e. The van der Waals surface area contributed by atoms with Gasteiger partial charge in [0.05, 0.1) is 0 Å². The van der Waals surface area contributed by atoms with Gasteiger partial charge in [-0.2, -0.15) is 0 Å². The number of benzene rings is 1. The molecule has 2 aliphatic rings. The first-order valence-corrected chi connectivity index (χ1v) is 7.39. The molecule has 0 saturated carbocycles. The van der Waals surface area contributed by atoms with Gasteiger partial charge in [0, 0.05) is 10.0 Å². The van der Waals surface area contributed by atoms with Crippen molar-refractivity contribution in [2.45, 2.75) is 5.54 Å². The molecule has 1 atom stereocenters. The van der Waals surface area contributed by atoms with Gasteiger partial charge in [-0.3, -0.25) is 0 Å². The summed E-state index contributed by atoms with van der Waals surface area (Å²) in [5.74, 6) is 1.31. The third-order valence-corrected chi connectivity index (χ3v) is 4.26. The summed E-state index contributed by atoms with van der Waals surface area (Å²) in [6, 6.07) is 9.32. The van der Waals surface area contributed by atoms with Crippen LogP contribution in [0, 0.1) is 0 Å². The van der Waals surface area contributed by atoms with Crippen LogP contribution < -0.4 is 10.5 Å². The van der Waals surface area contributed by atoms with Crippen molar-refractivity contribution in [3.63, 3.8) is 0 Å². The number of fused-ring (bicyclic) bond motifs is 4. The number of halogens is 2. The summed E-state index contributed by atoms with van der Waals surface area (Å²) in [4.78, 5) is 8.89. The summed E-state index contributed by atoms with van der Waals surface area (Å²) in [6.45, 7) is 0.270. The number of hydrogen-bond donors (Lipinski definition) is 1. The first kappa shape index (κ1) is 12.9. The van der Waals surface area contributed by atoms with Crippen LogP contribution in [-0.4, -0.2) is 17.6 Å². The van der Waals surface area contributed by atoms with Crippen molar-refractivity contribution in [2.75, 3.05) is 6.61 Å². The van der Waals surface area contributed by atoms with E-state index in [0.29, 0.717) is 22.3 Å². The van der Waals surface area contributed by atoms with Gasteiger partial charge in [-0.05, 0) is 30.3 Å². The lowest BCUT2D eigenvalue weighted by atomic mass is 9.85. The third-order valence-electron chi connectivity index (χ3n) is 3.55. The summed E-state index contributed by atoms with van der Waals surface area (Å²) in [6.07, 6.45) is 0. The molecule has 2 N–H and O–H groups in total. The van der Waals surface area contributed by atoms with Gasteiger partial charge >= 0.3 is 0 Å². The quantitative estimate of drug-likeness (QED) is 0.727. The lowest BCUT2D eigenvalue weighted by Gasteiger charge is -2.32. The van der Waals surface area contributed by atoms with E-state index in [4.69, 9.17) is 26.8 Å². The Balaban J connectivity index is 2.05. The van der Waals surface area contributed by atoms with Crippen LogP contribution in [0.2, 0.25) is 5.15 Å². The van der Waals surface area contributed by atoms with Gasteiger partial charge in [0.1, 0.15) is 23.2 Å². The number of aromatic nitrogens is 1. The molecule has 1 aromatic carbocycles. The van der Waals surface area contributed by atoms with Crippen LogP contribution in [0.25, 0.3) is 0 Å². The summed E-state index contributed by atoms with van der Waals surface area (Å²) in [5.41, 5.74) is 6.39. The van der Waals surface area contributed by atoms with E-state index in [-0.39, 0.29) is 12.6 Å². The Morgan fingerprint density at radius 2 is 2.05 bits per heavy atom. The molecule has 7 heteroatoms. The molecule has 1 spiro atoms. The molecular formula is C14H9BrClN3O2. The fourth-order valence-corrected chi connectivity index (χ4v) is 3.16. The molecule has 0 radical (unpaired) electrons. The van der Waals surface area contributed by atoms with Gasteiger partial charge < -0.3 is 15.2 Å². The second kappa shape index (κ2) is 4.35. The molecule has 0 amide bonds. The topological polar surface area (TPSA) is 69.7 Å². The van der Waals surface area contributed by atoms with Crippen LogP contribution in [0.5, 0.6) is 11.5 Å². The molecule has 0 bridgehead atoms. The fraction of sp³-hybridized carbons (Fsp3) is 0.143. The van der Waals surface area contributed by atoms with Gasteiger partial charge in [0.25, 0.3) is 6.02 Å². The summed E-state index contributed by atoms with van der Waals surface area (Å²) in [7, 11) is 0. The van der Waals surface area contributed by atoms with Gasteiger partial charge in [-0.15, -0.1) is 0 Å². The predicted molar refractivity (Wildman–Crippen MR) is 81.8 cm³/mol. The zero-order valence-electron chi connectivity index (χ0n) is 10.6. The molecule has 1 unspecified atom stereocenters. The molecule has 4 rings (SSSR count). The minimum atomic E-state index is -0.818. The minimum absolute atomic E-state index is 0.135. The number of hydrogen-bond acceptors (Lipinski definition) is 5. The van der Waals surface area contributed by atoms with E-state index >= 15 is 0 Å². The Labute approximate surface area is 133 Å². The maximum atomic E-state index is 6.04. The van der Waals surface area contributed by atoms with Crippen molar-refractivity contribution in [3.8, 4) is 11.5 Å². The molecule has 1 aromatic heterocycles. The average molecular weight is 367 g/mol. The second-order valence-electron chi connectivity index (χ2n) is 4.82. The lowest BCUT2D eigenvalue weighted by Crippen LogP contribution is -2.32. The summed E-state index contributed by atoms with van der Waals surface area (Å²) >= 11 is 9.50. The van der Waals surface area contributed by atoms with Gasteiger partial charge in [0.2, 0.25) is 0 Å². The van der Waals surface area contributed by atoms with Gasteiger partial charge in [-0.1, -0.05) is 27.5 Å². The molecule has 0 aliphatic carbocycles. The highest BCUT2D eigenvalue weighted by atomic mass is 79.9. The zero-order chi connectivity index (χ0) is 14.6. The first-order chi connectivity index (χ1) is 10.1. The normalized spacial score (nSPS) is 22.1. The maximum Gasteiger partial charge on any atom is 0.283 e. The van der Waals surface area contributed by atoms with Crippen molar-refractivity contribution in [2.24, 2.45) is 10.7 Å². The number of pyridine rings is 1. The Kier molecular flexibility index (Phi) is 2.68. The van der Waals surface area contributed by atoms with Crippen LogP contribution in [0.4, 0.5) is 0 Å². The number of aliphatic imine (C=N–C) groups is 1. The van der Waals surface area contributed by atoms with Crippen molar-refractivity contribution < 1.29 is 9.47 Å². The van der Waals surface area contributed by atoms with Crippen LogP contribution in [-0.2, 0) is 10.3 Å². The van der Waals surface area contributed by atoms with Crippen molar-refractivity contribution in [3.05, 3.63) is 51.2 Å². The molecule has 0 saturated heterocycles. The molecule has 2 aromatic rings. The average Bonchev–Trinajstić information content (AvgIpc) is 2.84. The number of amidine groups is 1. The highest BCUT2D eigenvalue weighted by Crippen LogP contribution is 2.50. The van der Waals surface area contributed by atoms with Crippen LogP contribution in [0.1, 0.15) is 11.3 Å². The number of nitrogens with zero attached hydrogens (tertiary/aromatic N) is 2. The molecule has 0 fully saturated rings. The van der Waals surface area contributed by atoms with Gasteiger partial charge in [0.15, 0.2) is 11.3 Å². The van der Waals surface area contributed by atoms with E-state index < -0.39 is 5.54 Å². The maximum absolute atomic E-state index is 6.04. The predicted octanol–water partition coefficient (Wildman–Crippen LogP) is 3.19. The van der Waals surface area contributed by atoms with E-state index in [9.17, 15) is 0 Å². The van der Waals surface area contributed by atoms with Crippen molar-refractivity contribution >= 4 is 33.6 Å². The van der Waals surface area contributed by atoms with Crippen molar-refractivity contribution in [1.29, 1.82) is 0 Å².